The number of urea groups is 1. The van der Waals surface area contributed by atoms with Gasteiger partial charge in [0.05, 0.1) is 0 Å². The van der Waals surface area contributed by atoms with Crippen molar-refractivity contribution in [3.8, 4) is 0 Å². The Morgan fingerprint density at radius 1 is 1.00 bits per heavy atom. The van der Waals surface area contributed by atoms with Crippen molar-refractivity contribution in [1.29, 1.82) is 0 Å². The third kappa shape index (κ3) is 9.24. The third-order valence-corrected chi connectivity index (χ3v) is 4.99. The monoisotopic (exact) mass is 423 g/mol. The summed E-state index contributed by atoms with van der Waals surface area (Å²) in [5.74, 6) is 0.424. The highest BCUT2D eigenvalue weighted by atomic mass is 16.2. The lowest BCUT2D eigenvalue weighted by molar-refractivity contribution is -0.122. The Hall–Kier alpha value is -2.82. The second-order valence-electron chi connectivity index (χ2n) is 9.56. The highest BCUT2D eigenvalue weighted by Crippen LogP contribution is 2.25. The fourth-order valence-electron chi connectivity index (χ4n) is 3.75. The van der Waals surface area contributed by atoms with Crippen LogP contribution in [0.15, 0.2) is 54.6 Å². The summed E-state index contributed by atoms with van der Waals surface area (Å²) >= 11 is 0. The molecule has 0 heterocycles. The molecule has 0 aliphatic carbocycles. The Morgan fingerprint density at radius 2 is 1.65 bits per heavy atom. The van der Waals surface area contributed by atoms with Gasteiger partial charge in [0.15, 0.2) is 0 Å². The maximum absolute atomic E-state index is 12.9. The van der Waals surface area contributed by atoms with Gasteiger partial charge in [-0.1, -0.05) is 63.6 Å². The summed E-state index contributed by atoms with van der Waals surface area (Å²) in [6, 6.07) is 17.2. The van der Waals surface area contributed by atoms with E-state index in [1.807, 2.05) is 61.5 Å². The van der Waals surface area contributed by atoms with Crippen molar-refractivity contribution in [2.75, 3.05) is 23.3 Å². The van der Waals surface area contributed by atoms with E-state index in [0.29, 0.717) is 31.8 Å². The molecule has 5 heteroatoms. The molecule has 168 valence electrons. The van der Waals surface area contributed by atoms with Crippen molar-refractivity contribution in [3.05, 3.63) is 60.2 Å². The van der Waals surface area contributed by atoms with E-state index in [9.17, 15) is 9.59 Å². The van der Waals surface area contributed by atoms with Crippen molar-refractivity contribution in [2.24, 2.45) is 11.3 Å². The van der Waals surface area contributed by atoms with Gasteiger partial charge in [-0.25, -0.2) is 4.79 Å². The van der Waals surface area contributed by atoms with Crippen LogP contribution in [0.2, 0.25) is 0 Å². The number of hydrogen-bond acceptors (Lipinski definition) is 2. The normalized spacial score (nSPS) is 12.2. The lowest BCUT2D eigenvalue weighted by Gasteiger charge is -2.24. The van der Waals surface area contributed by atoms with E-state index in [-0.39, 0.29) is 17.4 Å². The summed E-state index contributed by atoms with van der Waals surface area (Å²) in [5.41, 5.74) is 2.96. The zero-order valence-electron chi connectivity index (χ0n) is 19.6. The van der Waals surface area contributed by atoms with Gasteiger partial charge in [0.25, 0.3) is 0 Å². The van der Waals surface area contributed by atoms with Crippen molar-refractivity contribution >= 4 is 23.3 Å². The van der Waals surface area contributed by atoms with Crippen molar-refractivity contribution in [3.63, 3.8) is 0 Å². The summed E-state index contributed by atoms with van der Waals surface area (Å²) in [6.45, 7) is 11.8. The largest absolute Gasteiger partial charge is 0.356 e. The minimum atomic E-state index is -0.180. The van der Waals surface area contributed by atoms with Crippen LogP contribution in [0.3, 0.4) is 0 Å². The van der Waals surface area contributed by atoms with Gasteiger partial charge in [-0.15, -0.1) is 0 Å². The number of rotatable bonds is 9. The van der Waals surface area contributed by atoms with Crippen LogP contribution in [0.5, 0.6) is 0 Å². The average Bonchev–Trinajstić information content (AvgIpc) is 2.68. The molecule has 2 N–H and O–H groups in total. The molecule has 0 aromatic heterocycles. The second-order valence-corrected chi connectivity index (χ2v) is 9.56. The van der Waals surface area contributed by atoms with Crippen LogP contribution in [0.1, 0.15) is 52.5 Å². The molecule has 1 unspecified atom stereocenters. The summed E-state index contributed by atoms with van der Waals surface area (Å²) in [7, 11) is 0. The maximum Gasteiger partial charge on any atom is 0.326 e. The molecular formula is C26H37N3O2. The Kier molecular flexibility index (Phi) is 9.10. The quantitative estimate of drug-likeness (QED) is 0.486. The Morgan fingerprint density at radius 3 is 2.26 bits per heavy atom. The van der Waals surface area contributed by atoms with E-state index in [0.717, 1.165) is 23.4 Å². The zero-order valence-corrected chi connectivity index (χ0v) is 19.6. The molecule has 5 nitrogen and oxygen atoms in total. The maximum atomic E-state index is 12.9. The molecule has 3 amide bonds. The molecule has 0 saturated carbocycles. The van der Waals surface area contributed by atoms with Crippen LogP contribution in [-0.4, -0.2) is 25.0 Å². The number of aryl methyl sites for hydroxylation is 1. The van der Waals surface area contributed by atoms with E-state index < -0.39 is 0 Å². The highest BCUT2D eigenvalue weighted by molar-refractivity contribution is 6.01. The lowest BCUT2D eigenvalue weighted by atomic mass is 9.84. The van der Waals surface area contributed by atoms with Gasteiger partial charge < -0.3 is 10.6 Å². The topological polar surface area (TPSA) is 61.4 Å². The Labute approximate surface area is 187 Å². The molecule has 31 heavy (non-hydrogen) atoms. The lowest BCUT2D eigenvalue weighted by Crippen LogP contribution is -2.37. The number of hydrogen-bond donors (Lipinski definition) is 2. The van der Waals surface area contributed by atoms with Gasteiger partial charge in [-0.05, 0) is 55.4 Å². The molecule has 0 aliphatic heterocycles. The van der Waals surface area contributed by atoms with Gasteiger partial charge >= 0.3 is 6.03 Å². The molecular weight excluding hydrogens is 386 g/mol. The Bertz CT molecular complexity index is 826. The minimum Gasteiger partial charge on any atom is -0.356 e. The number of para-hydroxylation sites is 1. The predicted octanol–water partition coefficient (Wildman–Crippen LogP) is 6.00. The van der Waals surface area contributed by atoms with Gasteiger partial charge in [0, 0.05) is 30.9 Å². The van der Waals surface area contributed by atoms with Gasteiger partial charge in [-0.3, -0.25) is 9.69 Å². The smallest absolute Gasteiger partial charge is 0.326 e. The zero-order chi connectivity index (χ0) is 22.9. The minimum absolute atomic E-state index is 0.0760. The Balaban J connectivity index is 1.88. The van der Waals surface area contributed by atoms with Gasteiger partial charge in [0.1, 0.15) is 0 Å². The first-order valence-electron chi connectivity index (χ1n) is 11.1. The van der Waals surface area contributed by atoms with Crippen LogP contribution >= 0.6 is 0 Å². The van der Waals surface area contributed by atoms with Crippen molar-refractivity contribution < 1.29 is 9.59 Å². The van der Waals surface area contributed by atoms with Crippen molar-refractivity contribution in [2.45, 2.75) is 53.9 Å². The first kappa shape index (κ1) is 24.4. The number of carbonyl (C=O) groups is 2. The molecule has 0 radical (unpaired) electrons. The molecule has 0 fully saturated rings. The molecule has 2 aromatic carbocycles. The highest BCUT2D eigenvalue weighted by Gasteiger charge is 2.18. The van der Waals surface area contributed by atoms with Crippen LogP contribution in [0.4, 0.5) is 16.2 Å². The second kappa shape index (κ2) is 11.5. The molecule has 2 aromatic rings. The van der Waals surface area contributed by atoms with E-state index >= 15 is 0 Å². The number of nitrogens with zero attached hydrogens (tertiary/aromatic N) is 1. The third-order valence-electron chi connectivity index (χ3n) is 4.99. The number of amides is 3. The van der Waals surface area contributed by atoms with Crippen LogP contribution < -0.4 is 15.5 Å². The predicted molar refractivity (Wildman–Crippen MR) is 129 cm³/mol. The molecule has 0 spiro atoms. The SMILES string of the molecule is Cc1ccc(NC(=O)N(CCCNC(=O)CC(C)CC(C)(C)C)c2ccccc2)cc1. The van der Waals surface area contributed by atoms with Gasteiger partial charge in [0.2, 0.25) is 5.91 Å². The van der Waals surface area contributed by atoms with Crippen molar-refractivity contribution in [1.82, 2.24) is 5.32 Å². The van der Waals surface area contributed by atoms with E-state index in [1.165, 1.54) is 0 Å². The first-order valence-corrected chi connectivity index (χ1v) is 11.1. The number of benzene rings is 2. The number of carbonyl (C=O) groups excluding carboxylic acids is 2. The van der Waals surface area contributed by atoms with E-state index in [1.54, 1.807) is 4.90 Å². The van der Waals surface area contributed by atoms with E-state index in [2.05, 4.69) is 38.3 Å². The summed E-state index contributed by atoms with van der Waals surface area (Å²) in [6.07, 6.45) is 2.23. The fourth-order valence-corrected chi connectivity index (χ4v) is 3.75. The molecule has 2 rings (SSSR count). The van der Waals surface area contributed by atoms with Crippen LogP contribution in [-0.2, 0) is 4.79 Å². The summed E-state index contributed by atoms with van der Waals surface area (Å²) < 4.78 is 0. The van der Waals surface area contributed by atoms with Crippen LogP contribution in [0.25, 0.3) is 0 Å². The fraction of sp³-hybridized carbons (Fsp3) is 0.462. The standard InChI is InChI=1S/C26H37N3O2/c1-20-12-14-22(15-13-20)28-25(31)29(23-10-7-6-8-11-23)17-9-16-27-24(30)18-21(2)19-26(3,4)5/h6-8,10-15,21H,9,16-19H2,1-5H3,(H,27,30)(H,28,31). The number of nitrogens with one attached hydrogen (secondary N) is 2. The van der Waals surface area contributed by atoms with E-state index in [4.69, 9.17) is 0 Å². The summed E-state index contributed by atoms with van der Waals surface area (Å²) in [5, 5.41) is 5.97. The molecule has 0 bridgehead atoms. The van der Waals surface area contributed by atoms with Crippen LogP contribution in [0, 0.1) is 18.3 Å². The molecule has 0 aliphatic rings. The van der Waals surface area contributed by atoms with Gasteiger partial charge in [-0.2, -0.15) is 0 Å². The molecule has 1 atom stereocenters. The summed E-state index contributed by atoms with van der Waals surface area (Å²) in [4.78, 5) is 26.9. The first-order chi connectivity index (χ1) is 14.6. The average molecular weight is 424 g/mol. The number of anilines is 2. The molecule has 0 saturated heterocycles.